The summed E-state index contributed by atoms with van der Waals surface area (Å²) in [7, 11) is 0. The number of carbonyl (C=O) groups excluding carboxylic acids is 1. The van der Waals surface area contributed by atoms with Gasteiger partial charge in [0.25, 0.3) is 0 Å². The standard InChI is InChI=1S/C17H22O4/c18-16(12-5-2-1-3-6-12)17(19)13-7-8-14-15(11-13)21-10-4-9-20-14/h7-8,11-12,16,18H,1-6,9-10H2. The molecule has 2 aliphatic rings. The number of hydrogen-bond donors (Lipinski definition) is 1. The highest BCUT2D eigenvalue weighted by molar-refractivity contribution is 6.00. The number of ketones is 1. The number of fused-ring (bicyclic) bond motifs is 1. The molecule has 0 radical (unpaired) electrons. The van der Waals surface area contributed by atoms with Gasteiger partial charge in [-0.05, 0) is 37.0 Å². The van der Waals surface area contributed by atoms with E-state index in [1.165, 1.54) is 6.42 Å². The predicted octanol–water partition coefficient (Wildman–Crippen LogP) is 2.97. The molecule has 0 amide bonds. The minimum Gasteiger partial charge on any atom is -0.490 e. The molecule has 1 aromatic carbocycles. The van der Waals surface area contributed by atoms with Crippen molar-refractivity contribution in [3.05, 3.63) is 23.8 Å². The topological polar surface area (TPSA) is 55.8 Å². The first-order chi connectivity index (χ1) is 10.3. The molecule has 1 atom stereocenters. The summed E-state index contributed by atoms with van der Waals surface area (Å²) in [5.74, 6) is 1.19. The molecule has 1 heterocycles. The summed E-state index contributed by atoms with van der Waals surface area (Å²) in [4.78, 5) is 12.5. The summed E-state index contributed by atoms with van der Waals surface area (Å²) >= 11 is 0. The monoisotopic (exact) mass is 290 g/mol. The average Bonchev–Trinajstić information content (AvgIpc) is 2.79. The van der Waals surface area contributed by atoms with Crippen LogP contribution in [-0.2, 0) is 0 Å². The van der Waals surface area contributed by atoms with Crippen molar-refractivity contribution in [2.45, 2.75) is 44.6 Å². The van der Waals surface area contributed by atoms with Crippen molar-refractivity contribution in [2.24, 2.45) is 5.92 Å². The minimum atomic E-state index is -0.893. The molecule has 21 heavy (non-hydrogen) atoms. The number of aliphatic hydroxyl groups is 1. The summed E-state index contributed by atoms with van der Waals surface area (Å²) in [5, 5.41) is 10.3. The fourth-order valence-corrected chi connectivity index (χ4v) is 3.15. The molecule has 1 aliphatic heterocycles. The SMILES string of the molecule is O=C(c1ccc2c(c1)OCCCO2)C(O)C1CCCCC1. The van der Waals surface area contributed by atoms with Gasteiger partial charge in [0.05, 0.1) is 13.2 Å². The molecule has 1 aliphatic carbocycles. The van der Waals surface area contributed by atoms with Crippen LogP contribution in [0.1, 0.15) is 48.9 Å². The van der Waals surface area contributed by atoms with Crippen molar-refractivity contribution in [1.29, 1.82) is 0 Å². The first-order valence-corrected chi connectivity index (χ1v) is 7.87. The molecule has 1 N–H and O–H groups in total. The van der Waals surface area contributed by atoms with Crippen molar-refractivity contribution in [2.75, 3.05) is 13.2 Å². The van der Waals surface area contributed by atoms with Gasteiger partial charge in [-0.15, -0.1) is 0 Å². The van der Waals surface area contributed by atoms with Crippen molar-refractivity contribution in [1.82, 2.24) is 0 Å². The van der Waals surface area contributed by atoms with Gasteiger partial charge in [0, 0.05) is 12.0 Å². The third-order valence-electron chi connectivity index (χ3n) is 4.40. The third-order valence-corrected chi connectivity index (χ3v) is 4.40. The van der Waals surface area contributed by atoms with E-state index in [1.54, 1.807) is 18.2 Å². The van der Waals surface area contributed by atoms with E-state index >= 15 is 0 Å². The van der Waals surface area contributed by atoms with Crippen molar-refractivity contribution < 1.29 is 19.4 Å². The maximum atomic E-state index is 12.5. The van der Waals surface area contributed by atoms with E-state index in [2.05, 4.69) is 0 Å². The molecule has 1 aromatic rings. The van der Waals surface area contributed by atoms with Gasteiger partial charge in [0.2, 0.25) is 0 Å². The Labute approximate surface area is 125 Å². The van der Waals surface area contributed by atoms with Crippen LogP contribution in [0.25, 0.3) is 0 Å². The van der Waals surface area contributed by atoms with Crippen LogP contribution in [0.3, 0.4) is 0 Å². The van der Waals surface area contributed by atoms with Crippen molar-refractivity contribution in [3.8, 4) is 11.5 Å². The molecule has 4 nitrogen and oxygen atoms in total. The van der Waals surface area contributed by atoms with Gasteiger partial charge in [-0.25, -0.2) is 0 Å². The lowest BCUT2D eigenvalue weighted by Crippen LogP contribution is -2.31. The summed E-state index contributed by atoms with van der Waals surface area (Å²) in [5.41, 5.74) is 0.511. The van der Waals surface area contributed by atoms with Crippen LogP contribution in [0, 0.1) is 5.92 Å². The van der Waals surface area contributed by atoms with E-state index in [1.807, 2.05) is 0 Å². The second kappa shape index (κ2) is 6.48. The van der Waals surface area contributed by atoms with Gasteiger partial charge in [-0.1, -0.05) is 19.3 Å². The molecule has 114 valence electrons. The van der Waals surface area contributed by atoms with Gasteiger partial charge in [-0.3, -0.25) is 4.79 Å². The number of ether oxygens (including phenoxy) is 2. The second-order valence-corrected chi connectivity index (χ2v) is 5.92. The van der Waals surface area contributed by atoms with Gasteiger partial charge >= 0.3 is 0 Å². The number of benzene rings is 1. The van der Waals surface area contributed by atoms with Crippen LogP contribution >= 0.6 is 0 Å². The van der Waals surface area contributed by atoms with Gasteiger partial charge in [-0.2, -0.15) is 0 Å². The van der Waals surface area contributed by atoms with Crippen LogP contribution in [0.4, 0.5) is 0 Å². The zero-order valence-corrected chi connectivity index (χ0v) is 12.2. The van der Waals surface area contributed by atoms with Gasteiger partial charge < -0.3 is 14.6 Å². The number of hydrogen-bond acceptors (Lipinski definition) is 4. The lowest BCUT2D eigenvalue weighted by molar-refractivity contribution is 0.0534. The smallest absolute Gasteiger partial charge is 0.191 e. The average molecular weight is 290 g/mol. The quantitative estimate of drug-likeness (QED) is 0.870. The fraction of sp³-hybridized carbons (Fsp3) is 0.588. The number of carbonyl (C=O) groups is 1. The third kappa shape index (κ3) is 3.21. The second-order valence-electron chi connectivity index (χ2n) is 5.92. The van der Waals surface area contributed by atoms with Crippen LogP contribution in [0.5, 0.6) is 11.5 Å². The van der Waals surface area contributed by atoms with Crippen LogP contribution in [0.15, 0.2) is 18.2 Å². The zero-order chi connectivity index (χ0) is 14.7. The molecular formula is C17H22O4. The molecule has 1 unspecified atom stereocenters. The molecule has 0 spiro atoms. The molecule has 3 rings (SSSR count). The molecule has 1 saturated carbocycles. The van der Waals surface area contributed by atoms with Crippen LogP contribution < -0.4 is 9.47 Å². The Kier molecular flexibility index (Phi) is 4.44. The van der Waals surface area contributed by atoms with E-state index < -0.39 is 6.10 Å². The minimum absolute atomic E-state index is 0.0993. The van der Waals surface area contributed by atoms with Crippen molar-refractivity contribution >= 4 is 5.78 Å². The Bertz CT molecular complexity index is 506. The highest BCUT2D eigenvalue weighted by atomic mass is 16.5. The Balaban J connectivity index is 1.76. The van der Waals surface area contributed by atoms with Gasteiger partial charge in [0.1, 0.15) is 6.10 Å². The highest BCUT2D eigenvalue weighted by Crippen LogP contribution is 2.32. The maximum absolute atomic E-state index is 12.5. The molecule has 0 saturated heterocycles. The summed E-state index contributed by atoms with van der Waals surface area (Å²) < 4.78 is 11.2. The largest absolute Gasteiger partial charge is 0.490 e. The lowest BCUT2D eigenvalue weighted by Gasteiger charge is -2.25. The molecular weight excluding hydrogens is 268 g/mol. The maximum Gasteiger partial charge on any atom is 0.191 e. The van der Waals surface area contributed by atoms with Crippen LogP contribution in [0.2, 0.25) is 0 Å². The van der Waals surface area contributed by atoms with Crippen molar-refractivity contribution in [3.63, 3.8) is 0 Å². The number of rotatable bonds is 3. The molecule has 0 bridgehead atoms. The zero-order valence-electron chi connectivity index (χ0n) is 12.2. The summed E-state index contributed by atoms with van der Waals surface area (Å²) in [6, 6.07) is 5.19. The van der Waals surface area contributed by atoms with E-state index in [9.17, 15) is 9.90 Å². The normalized spacial score (nSPS) is 20.6. The predicted molar refractivity (Wildman–Crippen MR) is 79.0 cm³/mol. The Morgan fingerprint density at radius 3 is 2.52 bits per heavy atom. The summed E-state index contributed by atoms with van der Waals surface area (Å²) in [6.07, 6.45) is 5.25. The molecule has 4 heteroatoms. The first kappa shape index (κ1) is 14.4. The van der Waals surface area contributed by atoms with E-state index in [4.69, 9.17) is 9.47 Å². The highest BCUT2D eigenvalue weighted by Gasteiger charge is 2.28. The summed E-state index contributed by atoms with van der Waals surface area (Å²) in [6.45, 7) is 1.22. The first-order valence-electron chi connectivity index (χ1n) is 7.87. The number of aliphatic hydroxyl groups excluding tert-OH is 1. The molecule has 0 aromatic heterocycles. The lowest BCUT2D eigenvalue weighted by atomic mass is 9.82. The molecule has 1 fully saturated rings. The van der Waals surface area contributed by atoms with E-state index in [0.29, 0.717) is 30.3 Å². The van der Waals surface area contributed by atoms with E-state index in [-0.39, 0.29) is 11.7 Å². The Hall–Kier alpha value is -1.55. The van der Waals surface area contributed by atoms with Gasteiger partial charge in [0.15, 0.2) is 17.3 Å². The Morgan fingerprint density at radius 2 is 1.76 bits per heavy atom. The fourth-order valence-electron chi connectivity index (χ4n) is 3.15. The van der Waals surface area contributed by atoms with E-state index in [0.717, 1.165) is 32.1 Å². The number of Topliss-reactive ketones (excluding diaryl/α,β-unsaturated/α-hetero) is 1. The van der Waals surface area contributed by atoms with Crippen LogP contribution in [-0.4, -0.2) is 30.2 Å². The Morgan fingerprint density at radius 1 is 1.05 bits per heavy atom.